The Balaban J connectivity index is 1.22. The minimum absolute atomic E-state index is 0.0440. The molecule has 0 spiro atoms. The molecule has 1 aliphatic rings. The van der Waals surface area contributed by atoms with E-state index in [9.17, 15) is 43.2 Å². The first-order valence-electron chi connectivity index (χ1n) is 24.8. The Hall–Kier alpha value is -7.27. The van der Waals surface area contributed by atoms with Gasteiger partial charge < -0.3 is 58.7 Å². The summed E-state index contributed by atoms with van der Waals surface area (Å²) in [6.45, 7) is 8.60. The van der Waals surface area contributed by atoms with Crippen LogP contribution in [0.15, 0.2) is 73.3 Å². The Bertz CT molecular complexity index is 2560. The molecule has 74 heavy (non-hydrogen) atoms. The molecule has 5 rings (SSSR count). The molecule has 1 aliphatic heterocycles. The number of nitrogens with two attached hydrogens (primary N) is 2. The molecule has 2 aromatic carbocycles. The number of nitrogens with zero attached hydrogens (tertiary/aromatic N) is 2. The Morgan fingerprint density at radius 2 is 1.41 bits per heavy atom. The number of aromatic nitrogens is 3. The van der Waals surface area contributed by atoms with Crippen molar-refractivity contribution in [2.24, 2.45) is 23.3 Å². The smallest absolute Gasteiger partial charge is 0.243 e. The van der Waals surface area contributed by atoms with E-state index in [1.54, 1.807) is 31.8 Å². The molecule has 1 saturated heterocycles. The number of carbonyl (C=O) groups excluding carboxylic acids is 9. The van der Waals surface area contributed by atoms with E-state index in [2.05, 4.69) is 52.2 Å². The number of carbonyl (C=O) groups is 9. The lowest BCUT2D eigenvalue weighted by atomic mass is 10.0. The number of aromatic amines is 2. The molecule has 7 atom stereocenters. The van der Waals surface area contributed by atoms with Gasteiger partial charge in [0.25, 0.3) is 0 Å². The van der Waals surface area contributed by atoms with Gasteiger partial charge in [0.15, 0.2) is 0 Å². The number of fused-ring (bicyclic) bond motifs is 1. The molecule has 22 nitrogen and oxygen atoms in total. The van der Waals surface area contributed by atoms with Gasteiger partial charge >= 0.3 is 0 Å². The molecule has 2 aromatic heterocycles. The SMILES string of the molecule is CC(C)C[C@@H](CN1CSC[C@H]1C(N)=O)NC(=O)[C@H](Cc1cnc[nH]1)NC(=O)CNC(=O)[C@@H](NC(=O)[C@H](C)NC(=O)[C@H](Cc1c[nH]c2ccccc12)NC(=O)[C@H](CCC(N)=O)NC(=O)CCc1ccccc1)C(C)C. The largest absolute Gasteiger partial charge is 0.370 e. The first kappa shape index (κ1) is 57.6. The van der Waals surface area contributed by atoms with Crippen molar-refractivity contribution in [2.75, 3.05) is 24.7 Å². The fraction of sp³-hybridized carbons (Fsp3) is 0.490. The molecular weight excluding hydrogens is 971 g/mol. The van der Waals surface area contributed by atoms with Crippen molar-refractivity contribution in [1.29, 1.82) is 0 Å². The maximum absolute atomic E-state index is 14.2. The zero-order valence-electron chi connectivity index (χ0n) is 42.5. The molecular formula is C51H71N13O9S. The van der Waals surface area contributed by atoms with Crippen LogP contribution in [0.25, 0.3) is 10.9 Å². The van der Waals surface area contributed by atoms with Crippen LogP contribution in [0.1, 0.15) is 77.1 Å². The van der Waals surface area contributed by atoms with Crippen LogP contribution in [-0.4, -0.2) is 140 Å². The Morgan fingerprint density at radius 3 is 2.08 bits per heavy atom. The van der Waals surface area contributed by atoms with Crippen LogP contribution >= 0.6 is 11.8 Å². The standard InChI is InChI=1S/C51H71N13O9S/c1-29(2)19-35(25-64-28-74-26-41(64)46(53)68)59-50(72)40(21-34-23-54-27-57-34)61-44(67)24-56-51(73)45(30(3)4)63-47(69)31(5)58-49(71)39(20-33-22-55-37-14-10-9-13-36(33)37)62-48(70)38(16-17-42(52)65)60-43(66)18-15-32-11-7-6-8-12-32/h6-14,22-23,27,29-31,35,38-41,45,55H,15-21,24-26,28H2,1-5H3,(H2,52,65)(H2,53,68)(H,54,57)(H,56,73)(H,58,71)(H,59,72)(H,60,66)(H,61,67)(H,62,70)(H,63,69)/t31-,35-,38-,39-,40-,41-,45-/m0/s1. The second-order valence-electron chi connectivity index (χ2n) is 19.3. The predicted molar refractivity (Wildman–Crippen MR) is 279 cm³/mol. The van der Waals surface area contributed by atoms with Gasteiger partial charge in [-0.1, -0.05) is 76.2 Å². The maximum Gasteiger partial charge on any atom is 0.243 e. The lowest BCUT2D eigenvalue weighted by Gasteiger charge is -2.30. The van der Waals surface area contributed by atoms with E-state index in [4.69, 9.17) is 11.5 Å². The third kappa shape index (κ3) is 18.0. The number of aryl methyl sites for hydroxylation is 1. The number of thioether (sulfide) groups is 1. The van der Waals surface area contributed by atoms with Crippen molar-refractivity contribution in [1.82, 2.24) is 57.1 Å². The Kier molecular flexibility index (Phi) is 22.0. The Morgan fingerprint density at radius 1 is 0.730 bits per heavy atom. The fourth-order valence-corrected chi connectivity index (χ4v) is 9.74. The number of benzene rings is 2. The molecule has 0 aliphatic carbocycles. The van der Waals surface area contributed by atoms with Gasteiger partial charge in [0, 0.05) is 78.9 Å². The zero-order valence-corrected chi connectivity index (χ0v) is 43.4. The molecule has 0 radical (unpaired) electrons. The van der Waals surface area contributed by atoms with Crippen molar-refractivity contribution in [3.8, 4) is 0 Å². The number of imidazole rings is 1. The van der Waals surface area contributed by atoms with E-state index in [-0.39, 0.29) is 44.1 Å². The van der Waals surface area contributed by atoms with Crippen LogP contribution in [0.2, 0.25) is 0 Å². The Labute approximate surface area is 434 Å². The quantitative estimate of drug-likeness (QED) is 0.0347. The molecule has 0 saturated carbocycles. The fourth-order valence-electron chi connectivity index (χ4n) is 8.52. The minimum Gasteiger partial charge on any atom is -0.370 e. The summed E-state index contributed by atoms with van der Waals surface area (Å²) < 4.78 is 0. The average molecular weight is 1040 g/mol. The highest BCUT2D eigenvalue weighted by atomic mass is 32.2. The number of amides is 9. The predicted octanol–water partition coefficient (Wildman–Crippen LogP) is 0.182. The van der Waals surface area contributed by atoms with Crippen molar-refractivity contribution in [3.63, 3.8) is 0 Å². The number of primary amides is 2. The van der Waals surface area contributed by atoms with Crippen LogP contribution in [0.4, 0.5) is 0 Å². The van der Waals surface area contributed by atoms with E-state index >= 15 is 0 Å². The number of para-hydroxylation sites is 1. The molecule has 400 valence electrons. The van der Waals surface area contributed by atoms with E-state index < -0.39 is 102 Å². The van der Waals surface area contributed by atoms with Crippen molar-refractivity contribution in [3.05, 3.63) is 90.1 Å². The highest BCUT2D eigenvalue weighted by Gasteiger charge is 2.35. The minimum atomic E-state index is -1.30. The van der Waals surface area contributed by atoms with Gasteiger partial charge in [-0.3, -0.25) is 48.1 Å². The van der Waals surface area contributed by atoms with Crippen LogP contribution in [0.5, 0.6) is 0 Å². The molecule has 1 fully saturated rings. The molecule has 3 heterocycles. The van der Waals surface area contributed by atoms with Crippen LogP contribution < -0.4 is 48.7 Å². The van der Waals surface area contributed by atoms with Crippen molar-refractivity contribution < 1.29 is 43.2 Å². The molecule has 13 N–H and O–H groups in total. The lowest BCUT2D eigenvalue weighted by Crippen LogP contribution is -2.59. The number of hydrogen-bond acceptors (Lipinski definition) is 12. The van der Waals surface area contributed by atoms with E-state index in [0.717, 1.165) is 16.5 Å². The number of hydrogen-bond donors (Lipinski definition) is 11. The highest BCUT2D eigenvalue weighted by molar-refractivity contribution is 7.99. The van der Waals surface area contributed by atoms with Crippen molar-refractivity contribution >= 4 is 75.8 Å². The monoisotopic (exact) mass is 1040 g/mol. The summed E-state index contributed by atoms with van der Waals surface area (Å²) in [5, 5.41) is 19.8. The number of rotatable bonds is 29. The second-order valence-corrected chi connectivity index (χ2v) is 20.3. The van der Waals surface area contributed by atoms with Crippen LogP contribution in [-0.2, 0) is 62.4 Å². The van der Waals surface area contributed by atoms with Gasteiger partial charge in [-0.25, -0.2) is 4.98 Å². The number of nitrogens with one attached hydrogen (secondary N) is 9. The van der Waals surface area contributed by atoms with E-state index in [1.807, 2.05) is 73.3 Å². The topological polar surface area (TPSA) is 338 Å². The molecule has 9 amide bonds. The lowest BCUT2D eigenvalue weighted by molar-refractivity contribution is -0.135. The summed E-state index contributed by atoms with van der Waals surface area (Å²) in [6, 6.07) is 9.74. The maximum atomic E-state index is 14.2. The molecule has 0 unspecified atom stereocenters. The van der Waals surface area contributed by atoms with Crippen LogP contribution in [0, 0.1) is 11.8 Å². The van der Waals surface area contributed by atoms with Gasteiger partial charge in [0.2, 0.25) is 53.2 Å². The van der Waals surface area contributed by atoms with Crippen molar-refractivity contribution in [2.45, 2.75) is 122 Å². The summed E-state index contributed by atoms with van der Waals surface area (Å²) in [5.74, 6) is -4.92. The van der Waals surface area contributed by atoms with Crippen LogP contribution in [0.3, 0.4) is 0 Å². The summed E-state index contributed by atoms with van der Waals surface area (Å²) >= 11 is 1.58. The van der Waals surface area contributed by atoms with E-state index in [0.29, 0.717) is 42.3 Å². The van der Waals surface area contributed by atoms with Gasteiger partial charge in [-0.05, 0) is 55.2 Å². The van der Waals surface area contributed by atoms with Gasteiger partial charge in [-0.2, -0.15) is 0 Å². The summed E-state index contributed by atoms with van der Waals surface area (Å²) in [5.41, 5.74) is 14.0. The van der Waals surface area contributed by atoms with Gasteiger partial charge in [0.05, 0.1) is 18.9 Å². The highest BCUT2D eigenvalue weighted by Crippen LogP contribution is 2.23. The first-order chi connectivity index (χ1) is 35.3. The van der Waals surface area contributed by atoms with Gasteiger partial charge in [0.1, 0.15) is 30.2 Å². The van der Waals surface area contributed by atoms with E-state index in [1.165, 1.54) is 19.4 Å². The zero-order chi connectivity index (χ0) is 53.9. The normalized spacial score (nSPS) is 16.0. The third-order valence-electron chi connectivity index (χ3n) is 12.5. The average Bonchev–Trinajstić information content (AvgIpc) is 4.15. The summed E-state index contributed by atoms with van der Waals surface area (Å²) in [6.07, 6.45) is 5.33. The third-order valence-corrected chi connectivity index (χ3v) is 13.5. The molecule has 0 bridgehead atoms. The summed E-state index contributed by atoms with van der Waals surface area (Å²) in [7, 11) is 0. The second kappa shape index (κ2) is 28.3. The molecule has 23 heteroatoms. The van der Waals surface area contributed by atoms with Gasteiger partial charge in [-0.15, -0.1) is 11.8 Å². The molecule has 4 aromatic rings. The first-order valence-corrected chi connectivity index (χ1v) is 26.0. The number of H-pyrrole nitrogens is 2. The summed E-state index contributed by atoms with van der Waals surface area (Å²) in [4.78, 5) is 132.